The third kappa shape index (κ3) is 4.38. The number of alkyl halides is 1. The van der Waals surface area contributed by atoms with Crippen LogP contribution in [-0.2, 0) is 15.1 Å². The first kappa shape index (κ1) is 15.7. The smallest absolute Gasteiger partial charge is 0.0999 e. The SMILES string of the molecule is COC(C)(C)CCOC(C)(CBr)c1ccccc1. The predicted molar refractivity (Wildman–Crippen MR) is 79.2 cm³/mol. The van der Waals surface area contributed by atoms with Gasteiger partial charge in [0.05, 0.1) is 17.8 Å². The molecular weight excluding hydrogens is 292 g/mol. The Morgan fingerprint density at radius 3 is 2.22 bits per heavy atom. The third-order valence-corrected chi connectivity index (χ3v) is 4.39. The Bertz CT molecular complexity index is 351. The van der Waals surface area contributed by atoms with E-state index in [0.29, 0.717) is 6.61 Å². The first-order valence-corrected chi connectivity index (χ1v) is 7.36. The Balaban J connectivity index is 2.62. The van der Waals surface area contributed by atoms with E-state index in [2.05, 4.69) is 48.8 Å². The quantitative estimate of drug-likeness (QED) is 0.705. The molecule has 0 fully saturated rings. The Kier molecular flexibility index (Phi) is 5.83. The number of ether oxygens (including phenoxy) is 2. The average molecular weight is 315 g/mol. The molecule has 1 unspecified atom stereocenters. The van der Waals surface area contributed by atoms with Crippen LogP contribution in [0.15, 0.2) is 30.3 Å². The second kappa shape index (κ2) is 6.69. The van der Waals surface area contributed by atoms with Gasteiger partial charge >= 0.3 is 0 Å². The highest BCUT2D eigenvalue weighted by Crippen LogP contribution is 2.28. The van der Waals surface area contributed by atoms with Crippen molar-refractivity contribution in [1.82, 2.24) is 0 Å². The number of methoxy groups -OCH3 is 1. The van der Waals surface area contributed by atoms with Crippen molar-refractivity contribution in [2.45, 2.75) is 38.4 Å². The number of benzene rings is 1. The number of hydrogen-bond acceptors (Lipinski definition) is 2. The molecule has 0 saturated carbocycles. The molecule has 1 atom stereocenters. The van der Waals surface area contributed by atoms with Gasteiger partial charge in [0.2, 0.25) is 0 Å². The van der Waals surface area contributed by atoms with Gasteiger partial charge in [0.1, 0.15) is 0 Å². The van der Waals surface area contributed by atoms with Crippen LogP contribution in [0.1, 0.15) is 32.8 Å². The van der Waals surface area contributed by atoms with Crippen LogP contribution in [0.4, 0.5) is 0 Å². The van der Waals surface area contributed by atoms with Crippen LogP contribution in [0, 0.1) is 0 Å². The summed E-state index contributed by atoms with van der Waals surface area (Å²) in [6.45, 7) is 6.93. The Morgan fingerprint density at radius 2 is 1.72 bits per heavy atom. The van der Waals surface area contributed by atoms with Crippen LogP contribution in [0.3, 0.4) is 0 Å². The molecule has 0 bridgehead atoms. The summed E-state index contributed by atoms with van der Waals surface area (Å²) >= 11 is 3.55. The van der Waals surface area contributed by atoms with Crippen molar-refractivity contribution in [2.24, 2.45) is 0 Å². The first-order chi connectivity index (χ1) is 8.43. The van der Waals surface area contributed by atoms with Gasteiger partial charge in [-0.1, -0.05) is 46.3 Å². The lowest BCUT2D eigenvalue weighted by molar-refractivity contribution is -0.0581. The van der Waals surface area contributed by atoms with Gasteiger partial charge in [-0.2, -0.15) is 0 Å². The summed E-state index contributed by atoms with van der Waals surface area (Å²) in [4.78, 5) is 0. The van der Waals surface area contributed by atoms with E-state index in [1.165, 1.54) is 5.56 Å². The van der Waals surface area contributed by atoms with E-state index < -0.39 is 0 Å². The maximum atomic E-state index is 6.08. The van der Waals surface area contributed by atoms with Crippen LogP contribution < -0.4 is 0 Å². The predicted octanol–water partition coefficient (Wildman–Crippen LogP) is 4.13. The van der Waals surface area contributed by atoms with Crippen molar-refractivity contribution in [2.75, 3.05) is 19.0 Å². The molecule has 0 aliphatic heterocycles. The van der Waals surface area contributed by atoms with Crippen molar-refractivity contribution in [3.8, 4) is 0 Å². The minimum Gasteiger partial charge on any atom is -0.379 e. The highest BCUT2D eigenvalue weighted by Gasteiger charge is 2.27. The highest BCUT2D eigenvalue weighted by molar-refractivity contribution is 9.09. The van der Waals surface area contributed by atoms with Crippen LogP contribution >= 0.6 is 15.9 Å². The molecule has 0 saturated heterocycles. The van der Waals surface area contributed by atoms with E-state index in [-0.39, 0.29) is 11.2 Å². The van der Waals surface area contributed by atoms with E-state index in [1.807, 2.05) is 18.2 Å². The zero-order chi connectivity index (χ0) is 13.6. The number of rotatable bonds is 7. The third-order valence-electron chi connectivity index (χ3n) is 3.32. The molecule has 18 heavy (non-hydrogen) atoms. The second-order valence-corrected chi connectivity index (χ2v) is 5.85. The van der Waals surface area contributed by atoms with Gasteiger partial charge < -0.3 is 9.47 Å². The van der Waals surface area contributed by atoms with Crippen LogP contribution in [0.2, 0.25) is 0 Å². The molecule has 0 N–H and O–H groups in total. The molecule has 2 nitrogen and oxygen atoms in total. The molecule has 1 aromatic carbocycles. The van der Waals surface area contributed by atoms with Crippen molar-refractivity contribution in [3.63, 3.8) is 0 Å². The van der Waals surface area contributed by atoms with E-state index in [0.717, 1.165) is 11.8 Å². The van der Waals surface area contributed by atoms with Gasteiger partial charge in [-0.05, 0) is 32.8 Å². The maximum Gasteiger partial charge on any atom is 0.0999 e. The standard InChI is InChI=1S/C15H23BrO2/c1-14(2,17-4)10-11-18-15(3,12-16)13-8-6-5-7-9-13/h5-9H,10-12H2,1-4H3. The molecule has 0 aromatic heterocycles. The summed E-state index contributed by atoms with van der Waals surface area (Å²) in [5, 5.41) is 0.775. The van der Waals surface area contributed by atoms with Gasteiger partial charge in [-0.25, -0.2) is 0 Å². The molecule has 0 spiro atoms. The Morgan fingerprint density at radius 1 is 1.11 bits per heavy atom. The number of hydrogen-bond donors (Lipinski definition) is 0. The first-order valence-electron chi connectivity index (χ1n) is 6.24. The summed E-state index contributed by atoms with van der Waals surface area (Å²) in [7, 11) is 1.74. The fourth-order valence-corrected chi connectivity index (χ4v) is 2.10. The molecule has 1 rings (SSSR count). The summed E-state index contributed by atoms with van der Waals surface area (Å²) in [5.74, 6) is 0. The van der Waals surface area contributed by atoms with Crippen LogP contribution in [0.5, 0.6) is 0 Å². The van der Waals surface area contributed by atoms with E-state index in [4.69, 9.17) is 9.47 Å². The lowest BCUT2D eigenvalue weighted by atomic mass is 9.98. The lowest BCUT2D eigenvalue weighted by Gasteiger charge is -2.31. The van der Waals surface area contributed by atoms with E-state index >= 15 is 0 Å². The molecule has 0 radical (unpaired) electrons. The fourth-order valence-electron chi connectivity index (χ4n) is 1.61. The Labute approximate surface area is 119 Å². The van der Waals surface area contributed by atoms with Gasteiger partial charge in [0, 0.05) is 12.4 Å². The molecule has 0 heterocycles. The largest absolute Gasteiger partial charge is 0.379 e. The van der Waals surface area contributed by atoms with Crippen molar-refractivity contribution < 1.29 is 9.47 Å². The minimum atomic E-state index is -0.287. The summed E-state index contributed by atoms with van der Waals surface area (Å²) in [5.41, 5.74) is 0.770. The van der Waals surface area contributed by atoms with Gasteiger partial charge in [-0.15, -0.1) is 0 Å². The van der Waals surface area contributed by atoms with Gasteiger partial charge in [-0.3, -0.25) is 0 Å². The molecule has 102 valence electrons. The molecule has 3 heteroatoms. The summed E-state index contributed by atoms with van der Waals surface area (Å²) in [6, 6.07) is 10.3. The molecule has 0 aliphatic carbocycles. The lowest BCUT2D eigenvalue weighted by Crippen LogP contribution is -2.31. The normalized spacial score (nSPS) is 15.4. The average Bonchev–Trinajstić information content (AvgIpc) is 2.39. The number of halogens is 1. The van der Waals surface area contributed by atoms with Crippen LogP contribution in [0.25, 0.3) is 0 Å². The molecule has 1 aromatic rings. The summed E-state index contributed by atoms with van der Waals surface area (Å²) < 4.78 is 11.5. The van der Waals surface area contributed by atoms with E-state index in [1.54, 1.807) is 7.11 Å². The topological polar surface area (TPSA) is 18.5 Å². The summed E-state index contributed by atoms with van der Waals surface area (Å²) in [6.07, 6.45) is 0.874. The second-order valence-electron chi connectivity index (χ2n) is 5.29. The van der Waals surface area contributed by atoms with Crippen molar-refractivity contribution >= 4 is 15.9 Å². The fraction of sp³-hybridized carbons (Fsp3) is 0.600. The maximum absolute atomic E-state index is 6.08. The zero-order valence-electron chi connectivity index (χ0n) is 11.7. The van der Waals surface area contributed by atoms with Crippen molar-refractivity contribution in [3.05, 3.63) is 35.9 Å². The highest BCUT2D eigenvalue weighted by atomic mass is 79.9. The minimum absolute atomic E-state index is 0.135. The Hall–Kier alpha value is -0.380. The zero-order valence-corrected chi connectivity index (χ0v) is 13.3. The van der Waals surface area contributed by atoms with E-state index in [9.17, 15) is 0 Å². The monoisotopic (exact) mass is 314 g/mol. The van der Waals surface area contributed by atoms with Gasteiger partial charge in [0.15, 0.2) is 0 Å². The van der Waals surface area contributed by atoms with Gasteiger partial charge in [0.25, 0.3) is 0 Å². The molecule has 0 aliphatic rings. The molecule has 0 amide bonds. The van der Waals surface area contributed by atoms with Crippen molar-refractivity contribution in [1.29, 1.82) is 0 Å². The van der Waals surface area contributed by atoms with Crippen LogP contribution in [-0.4, -0.2) is 24.6 Å². The molecular formula is C15H23BrO2.